The monoisotopic (exact) mass is 455 g/mol. The van der Waals surface area contributed by atoms with Crippen LogP contribution in [-0.2, 0) is 0 Å². The van der Waals surface area contributed by atoms with Crippen molar-refractivity contribution in [1.82, 2.24) is 15.6 Å². The van der Waals surface area contributed by atoms with E-state index >= 15 is 0 Å². The van der Waals surface area contributed by atoms with E-state index in [0.29, 0.717) is 10.9 Å². The van der Waals surface area contributed by atoms with Gasteiger partial charge in [-0.1, -0.05) is 35.9 Å². The lowest BCUT2D eigenvalue weighted by Crippen LogP contribution is -2.72. The summed E-state index contributed by atoms with van der Waals surface area (Å²) in [5.74, 6) is -3.14. The number of fused-ring (bicyclic) bond motifs is 1. The zero-order chi connectivity index (χ0) is 21.7. The molecule has 1 fully saturated rings. The Morgan fingerprint density at radius 2 is 1.97 bits per heavy atom. The number of benzene rings is 1. The molecule has 11 heteroatoms. The summed E-state index contributed by atoms with van der Waals surface area (Å²) in [6, 6.07) is 8.15. The van der Waals surface area contributed by atoms with Crippen molar-refractivity contribution < 1.29 is 27.9 Å². The molecule has 0 bridgehead atoms. The van der Waals surface area contributed by atoms with Crippen molar-refractivity contribution in [2.24, 2.45) is 5.92 Å². The summed E-state index contributed by atoms with van der Waals surface area (Å²) in [4.78, 5) is 29.3. The van der Waals surface area contributed by atoms with Gasteiger partial charge in [0.2, 0.25) is 5.72 Å². The third kappa shape index (κ3) is 3.30. The van der Waals surface area contributed by atoms with Crippen molar-refractivity contribution in [2.45, 2.75) is 17.9 Å². The minimum Gasteiger partial charge on any atom is -0.363 e. The number of aliphatic hydroxyl groups is 1. The van der Waals surface area contributed by atoms with Crippen LogP contribution in [0, 0.1) is 5.92 Å². The summed E-state index contributed by atoms with van der Waals surface area (Å²) < 4.78 is 41.7. The fraction of sp³-hybridized carbons (Fsp3) is 0.211. The molecule has 1 aliphatic rings. The highest BCUT2D eigenvalue weighted by Crippen LogP contribution is 2.45. The number of Topliss-reactive ketones (excluding diaryl/α,β-unsaturated/α-hetero) is 1. The number of halogens is 4. The number of nitrogens with one attached hydrogen (secondary N) is 2. The summed E-state index contributed by atoms with van der Waals surface area (Å²) in [7, 11) is 0. The molecule has 3 aromatic rings. The molecule has 0 radical (unpaired) electrons. The Kier molecular flexibility index (Phi) is 4.95. The first-order valence-corrected chi connectivity index (χ1v) is 9.88. The van der Waals surface area contributed by atoms with E-state index in [0.717, 1.165) is 11.3 Å². The highest BCUT2D eigenvalue weighted by molar-refractivity contribution is 7.12. The van der Waals surface area contributed by atoms with Gasteiger partial charge in [0.15, 0.2) is 5.78 Å². The number of carbonyl (C=O) groups is 2. The smallest absolute Gasteiger partial charge is 0.363 e. The molecular formula is C19H13ClF3N3O3S. The van der Waals surface area contributed by atoms with Crippen LogP contribution < -0.4 is 10.6 Å². The molecule has 4 rings (SSSR count). The molecule has 3 heterocycles. The average Bonchev–Trinajstić information content (AvgIpc) is 3.20. The second-order valence-electron chi connectivity index (χ2n) is 6.72. The number of carbonyl (C=O) groups excluding carboxylic acids is 2. The maximum Gasteiger partial charge on any atom is 0.437 e. The normalized spacial score (nSPS) is 24.4. The zero-order valence-corrected chi connectivity index (χ0v) is 16.5. The van der Waals surface area contributed by atoms with Crippen LogP contribution in [0.15, 0.2) is 47.8 Å². The van der Waals surface area contributed by atoms with E-state index < -0.39 is 35.7 Å². The molecular weight excluding hydrogens is 443 g/mol. The maximum absolute atomic E-state index is 13.9. The summed E-state index contributed by atoms with van der Waals surface area (Å²) in [6.07, 6.45) is -5.34. The number of aromatic nitrogens is 1. The van der Waals surface area contributed by atoms with E-state index in [1.165, 1.54) is 28.9 Å². The lowest BCUT2D eigenvalue weighted by Gasteiger charge is -2.44. The van der Waals surface area contributed by atoms with Gasteiger partial charge in [-0.3, -0.25) is 4.79 Å². The van der Waals surface area contributed by atoms with Crippen molar-refractivity contribution in [2.75, 3.05) is 0 Å². The molecule has 2 amide bonds. The van der Waals surface area contributed by atoms with Gasteiger partial charge in [0.25, 0.3) is 0 Å². The number of hydrogen-bond donors (Lipinski definition) is 3. The number of amides is 2. The van der Waals surface area contributed by atoms with E-state index in [2.05, 4.69) is 10.3 Å². The molecule has 0 unspecified atom stereocenters. The Bertz CT molecular complexity index is 1140. The number of alkyl halides is 3. The molecule has 0 saturated carbocycles. The first-order chi connectivity index (χ1) is 14.1. The molecule has 6 nitrogen and oxygen atoms in total. The molecule has 3 atom stereocenters. The Morgan fingerprint density at radius 3 is 2.63 bits per heavy atom. The van der Waals surface area contributed by atoms with Gasteiger partial charge < -0.3 is 15.7 Å². The minimum atomic E-state index is -5.34. The number of para-hydroxylation sites is 1. The fourth-order valence-corrected chi connectivity index (χ4v) is 4.46. The predicted molar refractivity (Wildman–Crippen MR) is 104 cm³/mol. The van der Waals surface area contributed by atoms with Gasteiger partial charge in [-0.25, -0.2) is 9.78 Å². The van der Waals surface area contributed by atoms with Gasteiger partial charge in [0.05, 0.1) is 16.4 Å². The van der Waals surface area contributed by atoms with Gasteiger partial charge in [0.1, 0.15) is 11.1 Å². The second-order valence-corrected chi connectivity index (χ2v) is 8.03. The molecule has 0 spiro atoms. The molecule has 30 heavy (non-hydrogen) atoms. The largest absolute Gasteiger partial charge is 0.437 e. The first-order valence-electron chi connectivity index (χ1n) is 8.62. The molecule has 1 saturated heterocycles. The second kappa shape index (κ2) is 7.22. The van der Waals surface area contributed by atoms with Gasteiger partial charge >= 0.3 is 12.2 Å². The number of pyridine rings is 1. The van der Waals surface area contributed by atoms with E-state index in [1.54, 1.807) is 24.3 Å². The average molecular weight is 456 g/mol. The fourth-order valence-electron chi connectivity index (χ4n) is 3.50. The van der Waals surface area contributed by atoms with Gasteiger partial charge in [-0.2, -0.15) is 13.2 Å². The summed E-state index contributed by atoms with van der Waals surface area (Å²) in [6.45, 7) is 0. The van der Waals surface area contributed by atoms with Crippen LogP contribution in [0.4, 0.5) is 18.0 Å². The summed E-state index contributed by atoms with van der Waals surface area (Å²) >= 11 is 7.16. The quantitative estimate of drug-likeness (QED) is 0.410. The lowest BCUT2D eigenvalue weighted by atomic mass is 9.79. The van der Waals surface area contributed by atoms with Crippen LogP contribution in [0.2, 0.25) is 5.15 Å². The highest BCUT2D eigenvalue weighted by atomic mass is 35.5. The topological polar surface area (TPSA) is 91.3 Å². The number of rotatable bonds is 3. The Balaban J connectivity index is 1.92. The van der Waals surface area contributed by atoms with Gasteiger partial charge in [-0.05, 0) is 23.6 Å². The summed E-state index contributed by atoms with van der Waals surface area (Å²) in [5.41, 5.74) is -3.34. The van der Waals surface area contributed by atoms with Crippen molar-refractivity contribution >= 4 is 45.7 Å². The molecule has 2 aromatic heterocycles. The third-order valence-corrected chi connectivity index (χ3v) is 6.08. The Hall–Kier alpha value is -2.69. The van der Waals surface area contributed by atoms with Gasteiger partial charge in [0, 0.05) is 10.9 Å². The molecule has 1 aliphatic heterocycles. The first kappa shape index (κ1) is 20.6. The lowest BCUT2D eigenvalue weighted by molar-refractivity contribution is -0.287. The van der Waals surface area contributed by atoms with Crippen LogP contribution in [-0.4, -0.2) is 33.8 Å². The van der Waals surface area contributed by atoms with Crippen molar-refractivity contribution in [3.63, 3.8) is 0 Å². The van der Waals surface area contributed by atoms with E-state index in [9.17, 15) is 27.9 Å². The predicted octanol–water partition coefficient (Wildman–Crippen LogP) is 4.05. The number of thiophene rings is 1. The van der Waals surface area contributed by atoms with Crippen molar-refractivity contribution in [3.05, 3.63) is 63.4 Å². The van der Waals surface area contributed by atoms with Crippen LogP contribution in [0.25, 0.3) is 10.9 Å². The van der Waals surface area contributed by atoms with Crippen LogP contribution in [0.1, 0.15) is 21.3 Å². The van der Waals surface area contributed by atoms with Crippen molar-refractivity contribution in [3.8, 4) is 0 Å². The molecule has 156 valence electrons. The summed E-state index contributed by atoms with van der Waals surface area (Å²) in [5, 5.41) is 16.2. The van der Waals surface area contributed by atoms with E-state index in [-0.39, 0.29) is 15.6 Å². The number of ketones is 1. The number of nitrogens with zero attached hydrogens (tertiary/aromatic N) is 1. The van der Waals surface area contributed by atoms with Crippen LogP contribution in [0.5, 0.6) is 0 Å². The standard InChI is InChI=1S/C19H13ClF3N3O3S/c20-16-10(8-9-4-1-2-5-11(9)24-16)14-13(15(27)12-6-3-7-30-12)18(29,19(21,22)23)26-17(28)25-14/h1-8,13-14,29H,(H2,25,26,28)/t13-,14+,18+/m0/s1. The minimum absolute atomic E-state index is 0.00417. The highest BCUT2D eigenvalue weighted by Gasteiger charge is 2.66. The Morgan fingerprint density at radius 1 is 1.23 bits per heavy atom. The maximum atomic E-state index is 13.9. The van der Waals surface area contributed by atoms with Crippen LogP contribution in [0.3, 0.4) is 0 Å². The SMILES string of the molecule is O=C1N[C@H](c2cc3ccccc3nc2Cl)[C@@H](C(=O)c2cccs2)[C@@](O)(C(F)(F)F)N1. The molecule has 0 aliphatic carbocycles. The third-order valence-electron chi connectivity index (χ3n) is 4.89. The van der Waals surface area contributed by atoms with E-state index in [1.807, 2.05) is 0 Å². The van der Waals surface area contributed by atoms with E-state index in [4.69, 9.17) is 11.6 Å². The van der Waals surface area contributed by atoms with Crippen molar-refractivity contribution in [1.29, 1.82) is 0 Å². The zero-order valence-electron chi connectivity index (χ0n) is 14.9. The van der Waals surface area contributed by atoms with Gasteiger partial charge in [-0.15, -0.1) is 11.3 Å². The Labute approximate surface area is 176 Å². The number of hydrogen-bond acceptors (Lipinski definition) is 5. The molecule has 1 aromatic carbocycles. The molecule has 3 N–H and O–H groups in total. The van der Waals surface area contributed by atoms with Crippen LogP contribution >= 0.6 is 22.9 Å². The number of urea groups is 1.